The van der Waals surface area contributed by atoms with Crippen LogP contribution in [-0.2, 0) is 4.74 Å². The van der Waals surface area contributed by atoms with Gasteiger partial charge in [-0.05, 0) is 26.8 Å². The highest BCUT2D eigenvalue weighted by molar-refractivity contribution is 5.57. The molecule has 0 aliphatic heterocycles. The summed E-state index contributed by atoms with van der Waals surface area (Å²) >= 11 is 0. The van der Waals surface area contributed by atoms with Crippen molar-refractivity contribution in [2.45, 2.75) is 26.3 Å². The molecule has 0 radical (unpaired) electrons. The highest BCUT2D eigenvalue weighted by Gasteiger charge is 2.19. The van der Waals surface area contributed by atoms with Crippen LogP contribution < -0.4 is 10.1 Å². The number of ether oxygens (including phenoxy) is 2. The molecular formula is C12H20N2O2. The van der Waals surface area contributed by atoms with Crippen LogP contribution in [0.25, 0.3) is 0 Å². The van der Waals surface area contributed by atoms with Gasteiger partial charge in [0.2, 0.25) is 0 Å². The SMILES string of the molecule is COCC(C)(C)Nc1cc(C)ncc1OC. The van der Waals surface area contributed by atoms with Crippen LogP contribution in [-0.4, -0.2) is 31.3 Å². The number of aromatic nitrogens is 1. The number of hydrogen-bond donors (Lipinski definition) is 1. The molecule has 0 saturated carbocycles. The summed E-state index contributed by atoms with van der Waals surface area (Å²) in [6, 6.07) is 1.97. The number of rotatable bonds is 5. The van der Waals surface area contributed by atoms with Gasteiger partial charge in [0.15, 0.2) is 5.75 Å². The molecule has 0 amide bonds. The van der Waals surface area contributed by atoms with Gasteiger partial charge in [0.1, 0.15) is 0 Å². The molecule has 1 aromatic rings. The predicted molar refractivity (Wildman–Crippen MR) is 65.1 cm³/mol. The monoisotopic (exact) mass is 224 g/mol. The topological polar surface area (TPSA) is 43.4 Å². The summed E-state index contributed by atoms with van der Waals surface area (Å²) < 4.78 is 10.4. The minimum absolute atomic E-state index is 0.143. The molecule has 0 fully saturated rings. The Hall–Kier alpha value is -1.29. The molecule has 0 aliphatic rings. The molecular weight excluding hydrogens is 204 g/mol. The fraction of sp³-hybridized carbons (Fsp3) is 0.583. The highest BCUT2D eigenvalue weighted by atomic mass is 16.5. The van der Waals surface area contributed by atoms with E-state index in [0.717, 1.165) is 17.1 Å². The number of pyridine rings is 1. The van der Waals surface area contributed by atoms with Crippen molar-refractivity contribution in [3.63, 3.8) is 0 Å². The number of anilines is 1. The third kappa shape index (κ3) is 3.38. The van der Waals surface area contributed by atoms with E-state index in [1.165, 1.54) is 0 Å². The van der Waals surface area contributed by atoms with E-state index in [4.69, 9.17) is 9.47 Å². The van der Waals surface area contributed by atoms with Crippen LogP contribution in [0.4, 0.5) is 5.69 Å². The largest absolute Gasteiger partial charge is 0.493 e. The Morgan fingerprint density at radius 2 is 2.06 bits per heavy atom. The van der Waals surface area contributed by atoms with Crippen LogP contribution in [0.2, 0.25) is 0 Å². The lowest BCUT2D eigenvalue weighted by atomic mass is 10.1. The molecule has 16 heavy (non-hydrogen) atoms. The van der Waals surface area contributed by atoms with E-state index in [-0.39, 0.29) is 5.54 Å². The van der Waals surface area contributed by atoms with Gasteiger partial charge in [0.05, 0.1) is 31.1 Å². The third-order valence-electron chi connectivity index (χ3n) is 2.20. The van der Waals surface area contributed by atoms with E-state index in [9.17, 15) is 0 Å². The molecule has 0 aromatic carbocycles. The molecule has 90 valence electrons. The van der Waals surface area contributed by atoms with Crippen LogP contribution in [0.15, 0.2) is 12.3 Å². The Labute approximate surface area is 97.0 Å². The van der Waals surface area contributed by atoms with Crippen molar-refractivity contribution in [1.29, 1.82) is 0 Å². The Morgan fingerprint density at radius 3 is 2.62 bits per heavy atom. The van der Waals surface area contributed by atoms with Gasteiger partial charge in [-0.25, -0.2) is 0 Å². The first kappa shape index (κ1) is 12.8. The average Bonchev–Trinajstić information content (AvgIpc) is 2.17. The van der Waals surface area contributed by atoms with E-state index >= 15 is 0 Å². The van der Waals surface area contributed by atoms with Gasteiger partial charge in [0.25, 0.3) is 0 Å². The summed E-state index contributed by atoms with van der Waals surface area (Å²) in [6.45, 7) is 6.73. The van der Waals surface area contributed by atoms with Crippen molar-refractivity contribution >= 4 is 5.69 Å². The van der Waals surface area contributed by atoms with Crippen molar-refractivity contribution in [3.05, 3.63) is 18.0 Å². The van der Waals surface area contributed by atoms with Gasteiger partial charge >= 0.3 is 0 Å². The molecule has 0 unspecified atom stereocenters. The van der Waals surface area contributed by atoms with Crippen molar-refractivity contribution in [2.75, 3.05) is 26.1 Å². The normalized spacial score (nSPS) is 11.3. The maximum Gasteiger partial charge on any atom is 0.160 e. The van der Waals surface area contributed by atoms with E-state index in [1.54, 1.807) is 20.4 Å². The Bertz CT molecular complexity index is 351. The average molecular weight is 224 g/mol. The zero-order valence-electron chi connectivity index (χ0n) is 10.6. The van der Waals surface area contributed by atoms with E-state index in [0.29, 0.717) is 6.61 Å². The lowest BCUT2D eigenvalue weighted by molar-refractivity contribution is 0.158. The fourth-order valence-electron chi connectivity index (χ4n) is 1.57. The van der Waals surface area contributed by atoms with Crippen LogP contribution in [0.3, 0.4) is 0 Å². The van der Waals surface area contributed by atoms with Crippen molar-refractivity contribution in [3.8, 4) is 5.75 Å². The summed E-state index contributed by atoms with van der Waals surface area (Å²) in [6.07, 6.45) is 1.72. The van der Waals surface area contributed by atoms with Gasteiger partial charge in [-0.1, -0.05) is 0 Å². The molecule has 1 rings (SSSR count). The van der Waals surface area contributed by atoms with Crippen molar-refractivity contribution in [2.24, 2.45) is 0 Å². The van der Waals surface area contributed by atoms with Crippen molar-refractivity contribution < 1.29 is 9.47 Å². The van der Waals surface area contributed by atoms with Crippen LogP contribution in [0.5, 0.6) is 5.75 Å². The van der Waals surface area contributed by atoms with Crippen LogP contribution >= 0.6 is 0 Å². The lowest BCUT2D eigenvalue weighted by Crippen LogP contribution is -2.36. The van der Waals surface area contributed by atoms with Gasteiger partial charge in [-0.2, -0.15) is 0 Å². The minimum Gasteiger partial charge on any atom is -0.493 e. The van der Waals surface area contributed by atoms with Crippen molar-refractivity contribution in [1.82, 2.24) is 4.98 Å². The van der Waals surface area contributed by atoms with E-state index < -0.39 is 0 Å². The van der Waals surface area contributed by atoms with Gasteiger partial charge in [-0.15, -0.1) is 0 Å². The molecule has 0 bridgehead atoms. The van der Waals surface area contributed by atoms with E-state index in [2.05, 4.69) is 24.1 Å². The molecule has 0 spiro atoms. The second-order valence-electron chi connectivity index (χ2n) is 4.47. The molecule has 4 nitrogen and oxygen atoms in total. The first-order valence-electron chi connectivity index (χ1n) is 5.26. The maximum absolute atomic E-state index is 5.26. The number of nitrogens with zero attached hydrogens (tertiary/aromatic N) is 1. The Balaban J connectivity index is 2.90. The molecule has 1 aromatic heterocycles. The zero-order valence-corrected chi connectivity index (χ0v) is 10.6. The number of hydrogen-bond acceptors (Lipinski definition) is 4. The second-order valence-corrected chi connectivity index (χ2v) is 4.47. The summed E-state index contributed by atoms with van der Waals surface area (Å²) in [4.78, 5) is 4.19. The summed E-state index contributed by atoms with van der Waals surface area (Å²) in [7, 11) is 3.33. The number of nitrogens with one attached hydrogen (secondary N) is 1. The fourth-order valence-corrected chi connectivity index (χ4v) is 1.57. The Morgan fingerprint density at radius 1 is 1.38 bits per heavy atom. The smallest absolute Gasteiger partial charge is 0.160 e. The summed E-state index contributed by atoms with van der Waals surface area (Å²) in [5, 5.41) is 3.39. The Kier molecular flexibility index (Phi) is 4.12. The van der Waals surface area contributed by atoms with E-state index in [1.807, 2.05) is 13.0 Å². The maximum atomic E-state index is 5.26. The third-order valence-corrected chi connectivity index (χ3v) is 2.20. The first-order chi connectivity index (χ1) is 7.48. The quantitative estimate of drug-likeness (QED) is 0.833. The summed E-state index contributed by atoms with van der Waals surface area (Å²) in [5.41, 5.74) is 1.75. The molecule has 0 aliphatic carbocycles. The van der Waals surface area contributed by atoms with Gasteiger partial charge < -0.3 is 14.8 Å². The molecule has 0 atom stereocenters. The van der Waals surface area contributed by atoms with Gasteiger partial charge in [-0.3, -0.25) is 4.98 Å². The number of aryl methyl sites for hydroxylation is 1. The van der Waals surface area contributed by atoms with Crippen LogP contribution in [0.1, 0.15) is 19.5 Å². The van der Waals surface area contributed by atoms with Crippen LogP contribution in [0, 0.1) is 6.92 Å². The highest BCUT2D eigenvalue weighted by Crippen LogP contribution is 2.26. The molecule has 1 heterocycles. The second kappa shape index (κ2) is 5.16. The molecule has 4 heteroatoms. The minimum atomic E-state index is -0.143. The molecule has 1 N–H and O–H groups in total. The summed E-state index contributed by atoms with van der Waals surface area (Å²) in [5.74, 6) is 0.745. The first-order valence-corrected chi connectivity index (χ1v) is 5.26. The van der Waals surface area contributed by atoms with Gasteiger partial charge in [0, 0.05) is 12.8 Å². The molecule has 0 saturated heterocycles. The lowest BCUT2D eigenvalue weighted by Gasteiger charge is -2.27. The standard InChI is InChI=1S/C12H20N2O2/c1-9-6-10(11(16-5)7-13-9)14-12(2,3)8-15-4/h6-7H,8H2,1-5H3,(H,13,14). The number of methoxy groups -OCH3 is 2. The zero-order chi connectivity index (χ0) is 12.2. The predicted octanol–water partition coefficient (Wildman–Crippen LogP) is 2.24.